The Morgan fingerprint density at radius 3 is 2.88 bits per heavy atom. The summed E-state index contributed by atoms with van der Waals surface area (Å²) in [7, 11) is 0. The van der Waals surface area contributed by atoms with Crippen LogP contribution < -0.4 is 5.73 Å². The third-order valence-electron chi connectivity index (χ3n) is 2.71. The predicted octanol–water partition coefficient (Wildman–Crippen LogP) is 2.50. The number of aromatic nitrogens is 3. The van der Waals surface area contributed by atoms with Crippen LogP contribution in [-0.2, 0) is 0 Å². The predicted molar refractivity (Wildman–Crippen MR) is 64.9 cm³/mol. The van der Waals surface area contributed by atoms with Gasteiger partial charge in [-0.25, -0.2) is 0 Å². The number of anilines is 1. The van der Waals surface area contributed by atoms with Gasteiger partial charge in [0.1, 0.15) is 5.69 Å². The molecular formula is C12H16N4. The molecule has 0 fully saturated rings. The number of rotatable bonds is 3. The first-order valence-electron chi connectivity index (χ1n) is 5.48. The van der Waals surface area contributed by atoms with Crippen molar-refractivity contribution in [2.45, 2.75) is 26.3 Å². The summed E-state index contributed by atoms with van der Waals surface area (Å²) in [5.74, 6) is 0. The highest BCUT2D eigenvalue weighted by Gasteiger charge is 2.11. The van der Waals surface area contributed by atoms with Crippen LogP contribution in [0.4, 0.5) is 5.69 Å². The molecule has 2 aromatic heterocycles. The molecule has 4 nitrogen and oxygen atoms in total. The maximum absolute atomic E-state index is 5.94. The zero-order valence-corrected chi connectivity index (χ0v) is 9.59. The molecule has 0 spiro atoms. The summed E-state index contributed by atoms with van der Waals surface area (Å²) in [4.78, 5) is 4.25. The molecule has 84 valence electrons. The van der Waals surface area contributed by atoms with Crippen LogP contribution in [0.3, 0.4) is 0 Å². The topological polar surface area (TPSA) is 56.7 Å². The van der Waals surface area contributed by atoms with Gasteiger partial charge in [0, 0.05) is 18.4 Å². The highest BCUT2D eigenvalue weighted by molar-refractivity contribution is 5.68. The van der Waals surface area contributed by atoms with Gasteiger partial charge < -0.3 is 5.73 Å². The fraction of sp³-hybridized carbons (Fsp3) is 0.333. The molecule has 0 aliphatic heterocycles. The van der Waals surface area contributed by atoms with Crippen molar-refractivity contribution >= 4 is 5.69 Å². The van der Waals surface area contributed by atoms with E-state index < -0.39 is 0 Å². The van der Waals surface area contributed by atoms with E-state index in [1.165, 1.54) is 0 Å². The first-order chi connectivity index (χ1) is 7.72. The molecule has 0 radical (unpaired) electrons. The van der Waals surface area contributed by atoms with E-state index in [1.54, 1.807) is 6.20 Å². The van der Waals surface area contributed by atoms with Gasteiger partial charge in [-0.1, -0.05) is 13.0 Å². The maximum Gasteiger partial charge on any atom is 0.134 e. The van der Waals surface area contributed by atoms with E-state index in [0.29, 0.717) is 11.7 Å². The Labute approximate surface area is 95.1 Å². The van der Waals surface area contributed by atoms with Crippen molar-refractivity contribution in [1.82, 2.24) is 14.8 Å². The van der Waals surface area contributed by atoms with Crippen LogP contribution in [0, 0.1) is 0 Å². The maximum atomic E-state index is 5.94. The standard InChI is InChI=1S/C12H16N4/c1-3-9(2)16-8-10(13)12(15-16)11-6-4-5-7-14-11/h4-9H,3,13H2,1-2H3. The van der Waals surface area contributed by atoms with Crippen molar-refractivity contribution in [3.05, 3.63) is 30.6 Å². The van der Waals surface area contributed by atoms with Crippen LogP contribution in [0.2, 0.25) is 0 Å². The van der Waals surface area contributed by atoms with E-state index >= 15 is 0 Å². The summed E-state index contributed by atoms with van der Waals surface area (Å²) in [6.07, 6.45) is 4.65. The van der Waals surface area contributed by atoms with E-state index in [2.05, 4.69) is 23.9 Å². The average Bonchev–Trinajstić information content (AvgIpc) is 2.71. The van der Waals surface area contributed by atoms with Gasteiger partial charge in [-0.3, -0.25) is 9.67 Å². The van der Waals surface area contributed by atoms with Crippen LogP contribution in [0.15, 0.2) is 30.6 Å². The van der Waals surface area contributed by atoms with Gasteiger partial charge in [0.25, 0.3) is 0 Å². The minimum absolute atomic E-state index is 0.361. The average molecular weight is 216 g/mol. The largest absolute Gasteiger partial charge is 0.396 e. The number of pyridine rings is 1. The highest BCUT2D eigenvalue weighted by atomic mass is 15.3. The monoisotopic (exact) mass is 216 g/mol. The van der Waals surface area contributed by atoms with Crippen molar-refractivity contribution in [3.8, 4) is 11.4 Å². The van der Waals surface area contributed by atoms with Gasteiger partial charge in [-0.05, 0) is 25.5 Å². The van der Waals surface area contributed by atoms with Crippen molar-refractivity contribution in [3.63, 3.8) is 0 Å². The number of hydrogen-bond acceptors (Lipinski definition) is 3. The lowest BCUT2D eigenvalue weighted by Gasteiger charge is -2.07. The Balaban J connectivity index is 2.40. The third-order valence-corrected chi connectivity index (χ3v) is 2.71. The zero-order valence-electron chi connectivity index (χ0n) is 9.59. The van der Waals surface area contributed by atoms with Gasteiger partial charge in [-0.15, -0.1) is 0 Å². The molecule has 0 bridgehead atoms. The van der Waals surface area contributed by atoms with E-state index in [9.17, 15) is 0 Å². The molecule has 2 heterocycles. The molecule has 0 aliphatic carbocycles. The van der Waals surface area contributed by atoms with Gasteiger partial charge in [0.2, 0.25) is 0 Å². The summed E-state index contributed by atoms with van der Waals surface area (Å²) in [6.45, 7) is 4.25. The van der Waals surface area contributed by atoms with Gasteiger partial charge in [0.15, 0.2) is 0 Å². The minimum Gasteiger partial charge on any atom is -0.396 e. The van der Waals surface area contributed by atoms with Crippen LogP contribution in [0.25, 0.3) is 11.4 Å². The molecule has 1 unspecified atom stereocenters. The summed E-state index contributed by atoms with van der Waals surface area (Å²) >= 11 is 0. The van der Waals surface area contributed by atoms with Crippen molar-refractivity contribution < 1.29 is 0 Å². The summed E-state index contributed by atoms with van der Waals surface area (Å²) in [5, 5.41) is 4.48. The molecule has 2 N–H and O–H groups in total. The summed E-state index contributed by atoms with van der Waals surface area (Å²) < 4.78 is 1.90. The summed E-state index contributed by atoms with van der Waals surface area (Å²) in [5.41, 5.74) is 8.21. The highest BCUT2D eigenvalue weighted by Crippen LogP contribution is 2.23. The van der Waals surface area contributed by atoms with Crippen molar-refractivity contribution in [2.75, 3.05) is 5.73 Å². The third kappa shape index (κ3) is 1.91. The molecule has 2 aromatic rings. The van der Waals surface area contributed by atoms with Crippen molar-refractivity contribution in [1.29, 1.82) is 0 Å². The van der Waals surface area contributed by atoms with Crippen LogP contribution >= 0.6 is 0 Å². The normalized spacial score (nSPS) is 12.6. The van der Waals surface area contributed by atoms with E-state index in [1.807, 2.05) is 29.1 Å². The second-order valence-electron chi connectivity index (χ2n) is 3.89. The molecule has 16 heavy (non-hydrogen) atoms. The molecule has 0 saturated heterocycles. The number of nitrogens with two attached hydrogens (primary N) is 1. The zero-order chi connectivity index (χ0) is 11.5. The first-order valence-corrected chi connectivity index (χ1v) is 5.48. The minimum atomic E-state index is 0.361. The Kier molecular flexibility index (Phi) is 2.90. The number of nitrogens with zero attached hydrogens (tertiary/aromatic N) is 3. The smallest absolute Gasteiger partial charge is 0.134 e. The summed E-state index contributed by atoms with van der Waals surface area (Å²) in [6, 6.07) is 6.09. The Hall–Kier alpha value is -1.84. The Bertz CT molecular complexity index is 461. The van der Waals surface area contributed by atoms with Gasteiger partial charge in [-0.2, -0.15) is 5.10 Å². The second kappa shape index (κ2) is 4.35. The SMILES string of the molecule is CCC(C)n1cc(N)c(-c2ccccn2)n1. The van der Waals surface area contributed by atoms with Gasteiger partial charge >= 0.3 is 0 Å². The molecule has 0 amide bonds. The molecular weight excluding hydrogens is 200 g/mol. The molecule has 4 heteroatoms. The fourth-order valence-electron chi connectivity index (χ4n) is 1.52. The van der Waals surface area contributed by atoms with E-state index in [4.69, 9.17) is 5.73 Å². The molecule has 1 atom stereocenters. The van der Waals surface area contributed by atoms with E-state index in [0.717, 1.165) is 17.8 Å². The number of hydrogen-bond donors (Lipinski definition) is 1. The van der Waals surface area contributed by atoms with E-state index in [-0.39, 0.29) is 0 Å². The Morgan fingerprint density at radius 2 is 2.25 bits per heavy atom. The van der Waals surface area contributed by atoms with Crippen LogP contribution in [0.1, 0.15) is 26.3 Å². The van der Waals surface area contributed by atoms with Gasteiger partial charge in [0.05, 0.1) is 11.4 Å². The lowest BCUT2D eigenvalue weighted by atomic mass is 10.2. The fourth-order valence-corrected chi connectivity index (χ4v) is 1.52. The molecule has 0 aliphatic rings. The first kappa shape index (κ1) is 10.7. The Morgan fingerprint density at radius 1 is 1.44 bits per heavy atom. The number of nitrogen functional groups attached to an aromatic ring is 1. The lowest BCUT2D eigenvalue weighted by molar-refractivity contribution is 0.479. The van der Waals surface area contributed by atoms with Crippen LogP contribution in [0.5, 0.6) is 0 Å². The van der Waals surface area contributed by atoms with Crippen molar-refractivity contribution in [2.24, 2.45) is 0 Å². The molecule has 0 aromatic carbocycles. The second-order valence-corrected chi connectivity index (χ2v) is 3.89. The lowest BCUT2D eigenvalue weighted by Crippen LogP contribution is -2.04. The quantitative estimate of drug-likeness (QED) is 0.857. The van der Waals surface area contributed by atoms with Crippen LogP contribution in [-0.4, -0.2) is 14.8 Å². The molecule has 2 rings (SSSR count). The molecule has 0 saturated carbocycles.